The maximum atomic E-state index is 13.3. The van der Waals surface area contributed by atoms with E-state index in [4.69, 9.17) is 9.47 Å². The van der Waals surface area contributed by atoms with Crippen LogP contribution in [0, 0.1) is 0 Å². The first-order valence-electron chi connectivity index (χ1n) is 17.0. The number of unbranched alkanes of at least 4 members (excludes halogenated alkanes) is 15. The number of amides is 1. The monoisotopic (exact) mass is 591 g/mol. The molecule has 1 amide bonds. The zero-order valence-electron chi connectivity index (χ0n) is 26.6. The SMILES string of the molecule is CCCCCCCCCCCCCCCCCC(=O)N(CCCCc1ccccc1)C[C@H]1O[C@H](OC)[C@H](O)[C@@H](O)[C@H]1O. The molecule has 0 saturated carbocycles. The minimum atomic E-state index is -1.39. The van der Waals surface area contributed by atoms with Crippen molar-refractivity contribution in [3.05, 3.63) is 35.9 Å². The van der Waals surface area contributed by atoms with E-state index in [9.17, 15) is 20.1 Å². The number of aryl methyl sites for hydroxylation is 1. The Balaban J connectivity index is 1.68. The minimum absolute atomic E-state index is 0.0507. The first kappa shape index (κ1) is 36.7. The fraction of sp³-hybridized carbons (Fsp3) is 0.800. The molecular formula is C35H61NO6. The lowest BCUT2D eigenvalue weighted by molar-refractivity contribution is -0.291. The average molecular weight is 592 g/mol. The van der Waals surface area contributed by atoms with Crippen LogP contribution >= 0.6 is 0 Å². The molecule has 3 N–H and O–H groups in total. The summed E-state index contributed by atoms with van der Waals surface area (Å²) in [5.41, 5.74) is 1.28. The highest BCUT2D eigenvalue weighted by atomic mass is 16.7. The number of benzene rings is 1. The van der Waals surface area contributed by atoms with Crippen molar-refractivity contribution in [1.29, 1.82) is 0 Å². The quantitative estimate of drug-likeness (QED) is 0.118. The zero-order valence-corrected chi connectivity index (χ0v) is 26.6. The summed E-state index contributed by atoms with van der Waals surface area (Å²) in [6.07, 6.45) is 16.6. The Morgan fingerprint density at radius 2 is 1.29 bits per heavy atom. The summed E-state index contributed by atoms with van der Waals surface area (Å²) < 4.78 is 10.9. The normalized spacial score (nSPS) is 22.4. The Morgan fingerprint density at radius 3 is 1.83 bits per heavy atom. The van der Waals surface area contributed by atoms with Gasteiger partial charge in [0.15, 0.2) is 6.29 Å². The van der Waals surface area contributed by atoms with Gasteiger partial charge in [-0.15, -0.1) is 0 Å². The van der Waals surface area contributed by atoms with Gasteiger partial charge in [0.1, 0.15) is 24.4 Å². The molecule has 0 aliphatic carbocycles. The lowest BCUT2D eigenvalue weighted by atomic mass is 9.98. The number of ether oxygens (including phenoxy) is 2. The van der Waals surface area contributed by atoms with E-state index in [1.54, 1.807) is 4.90 Å². The molecule has 5 atom stereocenters. The van der Waals surface area contributed by atoms with Gasteiger partial charge < -0.3 is 29.7 Å². The summed E-state index contributed by atoms with van der Waals surface area (Å²) in [6, 6.07) is 10.3. The number of nitrogens with zero attached hydrogens (tertiary/aromatic N) is 1. The summed E-state index contributed by atoms with van der Waals surface area (Å²) in [5, 5.41) is 31.0. The van der Waals surface area contributed by atoms with Crippen molar-refractivity contribution in [2.75, 3.05) is 20.2 Å². The van der Waals surface area contributed by atoms with Crippen LogP contribution in [0.4, 0.5) is 0 Å². The Morgan fingerprint density at radius 1 is 0.738 bits per heavy atom. The first-order chi connectivity index (χ1) is 20.5. The largest absolute Gasteiger partial charge is 0.388 e. The van der Waals surface area contributed by atoms with Crippen molar-refractivity contribution < 1.29 is 29.6 Å². The third-order valence-electron chi connectivity index (χ3n) is 8.63. The molecular weight excluding hydrogens is 530 g/mol. The van der Waals surface area contributed by atoms with E-state index in [1.807, 2.05) is 18.2 Å². The third kappa shape index (κ3) is 14.8. The second-order valence-electron chi connectivity index (χ2n) is 12.2. The topological polar surface area (TPSA) is 99.5 Å². The summed E-state index contributed by atoms with van der Waals surface area (Å²) in [5.74, 6) is 0.0507. The first-order valence-corrected chi connectivity index (χ1v) is 17.0. The van der Waals surface area contributed by atoms with Crippen LogP contribution in [0.15, 0.2) is 30.3 Å². The summed E-state index contributed by atoms with van der Waals surface area (Å²) in [4.78, 5) is 15.0. The molecule has 0 unspecified atom stereocenters. The Bertz CT molecular complexity index is 791. The van der Waals surface area contributed by atoms with E-state index in [0.29, 0.717) is 13.0 Å². The van der Waals surface area contributed by atoms with Gasteiger partial charge in [0.05, 0.1) is 0 Å². The average Bonchev–Trinajstić information content (AvgIpc) is 3.01. The number of hydrogen-bond donors (Lipinski definition) is 3. The maximum Gasteiger partial charge on any atom is 0.222 e. The second kappa shape index (κ2) is 22.9. The van der Waals surface area contributed by atoms with Crippen LogP contribution in [0.5, 0.6) is 0 Å². The molecule has 0 radical (unpaired) electrons. The molecule has 1 saturated heterocycles. The van der Waals surface area contributed by atoms with Gasteiger partial charge in [-0.2, -0.15) is 0 Å². The van der Waals surface area contributed by atoms with Crippen LogP contribution in [-0.4, -0.2) is 77.0 Å². The molecule has 1 aromatic rings. The van der Waals surface area contributed by atoms with E-state index in [1.165, 1.54) is 89.7 Å². The molecule has 1 heterocycles. The smallest absolute Gasteiger partial charge is 0.222 e. The molecule has 1 aliphatic rings. The van der Waals surface area contributed by atoms with E-state index in [-0.39, 0.29) is 12.5 Å². The molecule has 1 aliphatic heterocycles. The third-order valence-corrected chi connectivity index (χ3v) is 8.63. The number of aliphatic hydroxyl groups excluding tert-OH is 3. The molecule has 7 nitrogen and oxygen atoms in total. The lowest BCUT2D eigenvalue weighted by Gasteiger charge is -2.41. The van der Waals surface area contributed by atoms with Crippen molar-refractivity contribution in [1.82, 2.24) is 4.90 Å². The van der Waals surface area contributed by atoms with Crippen molar-refractivity contribution in [3.63, 3.8) is 0 Å². The van der Waals surface area contributed by atoms with Crippen LogP contribution in [-0.2, 0) is 20.7 Å². The van der Waals surface area contributed by atoms with E-state index >= 15 is 0 Å². The van der Waals surface area contributed by atoms with Crippen LogP contribution in [0.2, 0.25) is 0 Å². The van der Waals surface area contributed by atoms with Crippen molar-refractivity contribution in [2.45, 2.75) is 160 Å². The van der Waals surface area contributed by atoms with Gasteiger partial charge in [-0.25, -0.2) is 0 Å². The number of methoxy groups -OCH3 is 1. The summed E-state index contributed by atoms with van der Waals surface area (Å²) >= 11 is 0. The molecule has 0 spiro atoms. The molecule has 0 bridgehead atoms. The molecule has 42 heavy (non-hydrogen) atoms. The zero-order chi connectivity index (χ0) is 30.4. The molecule has 0 aromatic heterocycles. The highest BCUT2D eigenvalue weighted by Crippen LogP contribution is 2.23. The van der Waals surface area contributed by atoms with Gasteiger partial charge in [0.2, 0.25) is 5.91 Å². The lowest BCUT2D eigenvalue weighted by Crippen LogP contribution is -2.60. The molecule has 1 aromatic carbocycles. The summed E-state index contributed by atoms with van der Waals surface area (Å²) in [7, 11) is 1.39. The highest BCUT2D eigenvalue weighted by Gasteiger charge is 2.44. The molecule has 1 fully saturated rings. The van der Waals surface area contributed by atoms with Gasteiger partial charge in [-0.3, -0.25) is 4.79 Å². The fourth-order valence-electron chi connectivity index (χ4n) is 5.88. The number of hydrogen-bond acceptors (Lipinski definition) is 6. The molecule has 242 valence electrons. The Hall–Kier alpha value is -1.51. The Kier molecular flexibility index (Phi) is 20.0. The minimum Gasteiger partial charge on any atom is -0.388 e. The van der Waals surface area contributed by atoms with Crippen LogP contribution < -0.4 is 0 Å². The van der Waals surface area contributed by atoms with Crippen LogP contribution in [0.25, 0.3) is 0 Å². The van der Waals surface area contributed by atoms with E-state index in [2.05, 4.69) is 19.1 Å². The number of carbonyl (C=O) groups is 1. The Labute approximate surface area is 256 Å². The summed E-state index contributed by atoms with van der Waals surface area (Å²) in [6.45, 7) is 2.99. The predicted octanol–water partition coefficient (Wildman–Crippen LogP) is 6.55. The van der Waals surface area contributed by atoms with Crippen LogP contribution in [0.1, 0.15) is 128 Å². The van der Waals surface area contributed by atoms with Gasteiger partial charge in [-0.05, 0) is 31.2 Å². The fourth-order valence-corrected chi connectivity index (χ4v) is 5.88. The standard InChI is InChI=1S/C35H61NO6/c1-3-4-5-6-7-8-9-10-11-12-13-14-15-16-20-26-31(37)36(27-22-21-25-29-23-18-17-19-24-29)28-30-32(38)33(39)34(40)35(41-2)42-30/h17-19,23-24,30,32-35,38-40H,3-16,20-22,25-28H2,1-2H3/t30-,32+,33+,34-,35+/m1/s1. The van der Waals surface area contributed by atoms with Gasteiger partial charge in [0, 0.05) is 26.6 Å². The second-order valence-corrected chi connectivity index (χ2v) is 12.2. The molecule has 2 rings (SSSR count). The number of carbonyl (C=O) groups excluding carboxylic acids is 1. The number of aliphatic hydroxyl groups is 3. The van der Waals surface area contributed by atoms with Crippen molar-refractivity contribution in [2.24, 2.45) is 0 Å². The molecule has 7 heteroatoms. The van der Waals surface area contributed by atoms with E-state index in [0.717, 1.165) is 38.5 Å². The highest BCUT2D eigenvalue weighted by molar-refractivity contribution is 5.76. The van der Waals surface area contributed by atoms with E-state index < -0.39 is 30.7 Å². The van der Waals surface area contributed by atoms with Gasteiger partial charge >= 0.3 is 0 Å². The number of rotatable bonds is 24. The van der Waals surface area contributed by atoms with Gasteiger partial charge in [0.25, 0.3) is 0 Å². The van der Waals surface area contributed by atoms with Gasteiger partial charge in [-0.1, -0.05) is 127 Å². The van der Waals surface area contributed by atoms with Crippen molar-refractivity contribution in [3.8, 4) is 0 Å². The maximum absolute atomic E-state index is 13.3. The predicted molar refractivity (Wildman–Crippen MR) is 169 cm³/mol. The van der Waals surface area contributed by atoms with Crippen molar-refractivity contribution >= 4 is 5.91 Å². The van der Waals surface area contributed by atoms with Crippen LogP contribution in [0.3, 0.4) is 0 Å².